The number of rotatable bonds is 4. The summed E-state index contributed by atoms with van der Waals surface area (Å²) >= 11 is 1.75. The summed E-state index contributed by atoms with van der Waals surface area (Å²) in [6.45, 7) is 1.90. The van der Waals surface area contributed by atoms with Gasteiger partial charge in [0.1, 0.15) is 0 Å². The summed E-state index contributed by atoms with van der Waals surface area (Å²) in [5.74, 6) is -0.124. The number of anilines is 2. The predicted octanol–water partition coefficient (Wildman–Crippen LogP) is 4.98. The van der Waals surface area contributed by atoms with E-state index in [2.05, 4.69) is 40.1 Å². The normalized spacial score (nSPS) is 12.6. The fourth-order valence-electron chi connectivity index (χ4n) is 2.90. The third-order valence-corrected chi connectivity index (χ3v) is 5.48. The Hall–Kier alpha value is -3.05. The Labute approximate surface area is 162 Å². The molecule has 1 aliphatic rings. The first-order valence-corrected chi connectivity index (χ1v) is 9.56. The maximum Gasteiger partial charge on any atom is 0.244 e. The molecule has 0 bridgehead atoms. The number of carbonyl (C=O) groups excluding carboxylic acids is 1. The number of nitrogens with zero attached hydrogens (tertiary/aromatic N) is 1. The highest BCUT2D eigenvalue weighted by Gasteiger charge is 2.15. The topological polar surface area (TPSA) is 53.5 Å². The van der Waals surface area contributed by atoms with Crippen molar-refractivity contribution < 1.29 is 4.79 Å². The van der Waals surface area contributed by atoms with Crippen molar-refractivity contribution in [2.45, 2.75) is 23.1 Å². The quantitative estimate of drug-likeness (QED) is 0.392. The average Bonchev–Trinajstić information content (AvgIpc) is 2.70. The molecule has 4 rings (SSSR count). The summed E-state index contributed by atoms with van der Waals surface area (Å²) < 4.78 is 0. The lowest BCUT2D eigenvalue weighted by atomic mass is 10.1. The van der Waals surface area contributed by atoms with Crippen molar-refractivity contribution in [1.29, 1.82) is 0 Å². The molecule has 0 atom stereocenters. The van der Waals surface area contributed by atoms with E-state index in [1.807, 2.05) is 55.5 Å². The van der Waals surface area contributed by atoms with Crippen molar-refractivity contribution in [3.8, 4) is 0 Å². The fourth-order valence-corrected chi connectivity index (χ4v) is 3.86. The van der Waals surface area contributed by atoms with Crippen LogP contribution in [0.1, 0.15) is 18.1 Å². The monoisotopic (exact) mass is 373 g/mol. The van der Waals surface area contributed by atoms with Gasteiger partial charge >= 0.3 is 0 Å². The van der Waals surface area contributed by atoms with Gasteiger partial charge in [0, 0.05) is 9.79 Å². The molecular formula is C22H19N3OS. The molecule has 0 unspecified atom stereocenters. The Bertz CT molecular complexity index is 1020. The Morgan fingerprint density at radius 3 is 2.56 bits per heavy atom. The number of hydrogen-bond acceptors (Lipinski definition) is 4. The molecule has 134 valence electrons. The highest BCUT2D eigenvalue weighted by Crippen LogP contribution is 2.44. The first-order chi connectivity index (χ1) is 13.2. The summed E-state index contributed by atoms with van der Waals surface area (Å²) in [4.78, 5) is 14.5. The molecule has 0 saturated heterocycles. The number of benzene rings is 3. The number of hydrazone groups is 1. The third kappa shape index (κ3) is 4.04. The maximum absolute atomic E-state index is 12.1. The third-order valence-electron chi connectivity index (χ3n) is 4.33. The zero-order valence-electron chi connectivity index (χ0n) is 14.9. The molecule has 4 nitrogen and oxygen atoms in total. The molecular weight excluding hydrogens is 354 g/mol. The number of amides is 1. The van der Waals surface area contributed by atoms with E-state index in [1.54, 1.807) is 11.8 Å². The van der Waals surface area contributed by atoms with Gasteiger partial charge in [0.05, 0.1) is 23.5 Å². The molecule has 1 aliphatic heterocycles. The van der Waals surface area contributed by atoms with Gasteiger partial charge in [-0.2, -0.15) is 5.10 Å². The van der Waals surface area contributed by atoms with Crippen molar-refractivity contribution in [3.05, 3.63) is 83.9 Å². The van der Waals surface area contributed by atoms with Gasteiger partial charge in [-0.3, -0.25) is 4.79 Å². The second kappa shape index (κ2) is 7.68. The minimum absolute atomic E-state index is 0.124. The molecule has 3 aromatic rings. The second-order valence-corrected chi connectivity index (χ2v) is 7.41. The van der Waals surface area contributed by atoms with Gasteiger partial charge in [-0.15, -0.1) is 0 Å². The molecule has 0 fully saturated rings. The minimum atomic E-state index is -0.124. The van der Waals surface area contributed by atoms with Crippen LogP contribution in [-0.2, 0) is 11.2 Å². The number of fused-ring (bicyclic) bond motifs is 2. The predicted molar refractivity (Wildman–Crippen MR) is 111 cm³/mol. The zero-order chi connectivity index (χ0) is 18.6. The SMILES string of the molecule is C/C(=N\NC(=O)Cc1ccccc1)c1ccc2c(c1)Nc1ccccc1S2. The molecule has 1 amide bonds. The van der Waals surface area contributed by atoms with E-state index in [-0.39, 0.29) is 5.91 Å². The van der Waals surface area contributed by atoms with Crippen LogP contribution in [0.4, 0.5) is 11.4 Å². The molecule has 2 N–H and O–H groups in total. The highest BCUT2D eigenvalue weighted by atomic mass is 32.2. The summed E-state index contributed by atoms with van der Waals surface area (Å²) in [6.07, 6.45) is 0.316. The summed E-state index contributed by atoms with van der Waals surface area (Å²) in [7, 11) is 0. The Balaban J connectivity index is 1.46. The molecule has 3 aromatic carbocycles. The second-order valence-electron chi connectivity index (χ2n) is 6.33. The number of hydrogen-bond donors (Lipinski definition) is 2. The number of nitrogens with one attached hydrogen (secondary N) is 2. The van der Waals surface area contributed by atoms with Gasteiger partial charge in [-0.25, -0.2) is 5.43 Å². The van der Waals surface area contributed by atoms with Gasteiger partial charge < -0.3 is 5.32 Å². The molecule has 5 heteroatoms. The molecule has 1 heterocycles. The lowest BCUT2D eigenvalue weighted by molar-refractivity contribution is -0.120. The average molecular weight is 373 g/mol. The van der Waals surface area contributed by atoms with Gasteiger partial charge in [-0.05, 0) is 42.3 Å². The van der Waals surface area contributed by atoms with Crippen LogP contribution in [0.25, 0.3) is 0 Å². The van der Waals surface area contributed by atoms with Crippen LogP contribution >= 0.6 is 11.8 Å². The van der Waals surface area contributed by atoms with Gasteiger partial charge in [0.25, 0.3) is 0 Å². The molecule has 0 radical (unpaired) electrons. The van der Waals surface area contributed by atoms with Crippen molar-refractivity contribution in [2.24, 2.45) is 5.10 Å². The summed E-state index contributed by atoms with van der Waals surface area (Å²) in [5.41, 5.74) is 7.53. The van der Waals surface area contributed by atoms with E-state index < -0.39 is 0 Å². The van der Waals surface area contributed by atoms with E-state index in [1.165, 1.54) is 9.79 Å². The summed E-state index contributed by atoms with van der Waals surface area (Å²) in [6, 6.07) is 24.1. The lowest BCUT2D eigenvalue weighted by Gasteiger charge is -2.21. The van der Waals surface area contributed by atoms with Crippen LogP contribution in [0, 0.1) is 0 Å². The van der Waals surface area contributed by atoms with Gasteiger partial charge in [0.2, 0.25) is 5.91 Å². The highest BCUT2D eigenvalue weighted by molar-refractivity contribution is 7.99. The van der Waals surface area contributed by atoms with E-state index in [4.69, 9.17) is 0 Å². The molecule has 0 aromatic heterocycles. The smallest absolute Gasteiger partial charge is 0.244 e. The number of para-hydroxylation sites is 1. The van der Waals surface area contributed by atoms with E-state index in [0.29, 0.717) is 6.42 Å². The lowest BCUT2D eigenvalue weighted by Crippen LogP contribution is -2.21. The van der Waals surface area contributed by atoms with E-state index >= 15 is 0 Å². The van der Waals surface area contributed by atoms with Gasteiger partial charge in [-0.1, -0.05) is 60.3 Å². The first-order valence-electron chi connectivity index (χ1n) is 8.74. The molecule has 27 heavy (non-hydrogen) atoms. The number of carbonyl (C=O) groups is 1. The Kier molecular flexibility index (Phi) is 4.94. The largest absolute Gasteiger partial charge is 0.354 e. The van der Waals surface area contributed by atoms with Crippen LogP contribution in [0.15, 0.2) is 87.7 Å². The van der Waals surface area contributed by atoms with Crippen LogP contribution < -0.4 is 10.7 Å². The molecule has 0 aliphatic carbocycles. The van der Waals surface area contributed by atoms with E-state index in [0.717, 1.165) is 28.2 Å². The standard InChI is InChI=1S/C22H19N3OS/c1-15(24-25-22(26)13-16-7-3-2-4-8-16)17-11-12-21-19(14-17)23-18-9-5-6-10-20(18)27-21/h2-12,14,23H,13H2,1H3,(H,25,26)/b24-15+. The van der Waals surface area contributed by atoms with Gasteiger partial charge in [0.15, 0.2) is 0 Å². The maximum atomic E-state index is 12.1. The Morgan fingerprint density at radius 1 is 0.963 bits per heavy atom. The van der Waals surface area contributed by atoms with Crippen LogP contribution in [0.2, 0.25) is 0 Å². The van der Waals surface area contributed by atoms with Crippen LogP contribution in [-0.4, -0.2) is 11.6 Å². The molecule has 0 saturated carbocycles. The first kappa shape index (κ1) is 17.4. The minimum Gasteiger partial charge on any atom is -0.354 e. The van der Waals surface area contributed by atoms with Crippen molar-refractivity contribution >= 4 is 34.8 Å². The van der Waals surface area contributed by atoms with Crippen molar-refractivity contribution in [2.75, 3.05) is 5.32 Å². The van der Waals surface area contributed by atoms with Crippen LogP contribution in [0.5, 0.6) is 0 Å². The fraction of sp³-hybridized carbons (Fsp3) is 0.0909. The molecule has 0 spiro atoms. The van der Waals surface area contributed by atoms with Crippen molar-refractivity contribution in [1.82, 2.24) is 5.43 Å². The van der Waals surface area contributed by atoms with Crippen molar-refractivity contribution in [3.63, 3.8) is 0 Å². The van der Waals surface area contributed by atoms with Crippen LogP contribution in [0.3, 0.4) is 0 Å². The van der Waals surface area contributed by atoms with E-state index in [9.17, 15) is 4.79 Å². The summed E-state index contributed by atoms with van der Waals surface area (Å²) in [5, 5.41) is 7.74. The zero-order valence-corrected chi connectivity index (χ0v) is 15.7. The Morgan fingerprint density at radius 2 is 1.70 bits per heavy atom.